The zero-order chi connectivity index (χ0) is 12.8. The van der Waals surface area contributed by atoms with Gasteiger partial charge in [0.1, 0.15) is 0 Å². The van der Waals surface area contributed by atoms with Gasteiger partial charge in [-0.1, -0.05) is 44.4 Å². The van der Waals surface area contributed by atoms with Crippen molar-refractivity contribution < 1.29 is 0 Å². The molecule has 0 saturated carbocycles. The van der Waals surface area contributed by atoms with Crippen LogP contribution in [0.1, 0.15) is 50.3 Å². The lowest BCUT2D eigenvalue weighted by Gasteiger charge is -2.23. The maximum Gasteiger partial charge on any atom is 0.0465 e. The molecule has 0 saturated heterocycles. The minimum absolute atomic E-state index is 0.220. The number of hydrogen-bond acceptors (Lipinski definition) is 2. The van der Waals surface area contributed by atoms with Crippen molar-refractivity contribution in [3.05, 3.63) is 34.3 Å². The van der Waals surface area contributed by atoms with Gasteiger partial charge in [0.05, 0.1) is 0 Å². The SMILES string of the molecule is CCC(CC)CC(NN)c1ccc(Cl)cc1C. The predicted octanol–water partition coefficient (Wildman–Crippen LogP) is 3.98. The van der Waals surface area contributed by atoms with Crippen molar-refractivity contribution in [3.8, 4) is 0 Å². The molecule has 1 atom stereocenters. The van der Waals surface area contributed by atoms with Crippen molar-refractivity contribution in [2.45, 2.75) is 46.1 Å². The van der Waals surface area contributed by atoms with Crippen LogP contribution in [0.4, 0.5) is 0 Å². The van der Waals surface area contributed by atoms with Gasteiger partial charge in [0, 0.05) is 11.1 Å². The minimum atomic E-state index is 0.220. The van der Waals surface area contributed by atoms with E-state index in [2.05, 4.69) is 32.3 Å². The molecule has 1 aromatic carbocycles. The summed E-state index contributed by atoms with van der Waals surface area (Å²) < 4.78 is 0. The Morgan fingerprint density at radius 2 is 1.94 bits per heavy atom. The number of halogens is 1. The third-order valence-corrected chi connectivity index (χ3v) is 3.77. The molecule has 3 N–H and O–H groups in total. The monoisotopic (exact) mass is 254 g/mol. The Morgan fingerprint density at radius 3 is 2.41 bits per heavy atom. The van der Waals surface area contributed by atoms with Gasteiger partial charge in [-0.15, -0.1) is 0 Å². The highest BCUT2D eigenvalue weighted by molar-refractivity contribution is 6.30. The molecule has 0 heterocycles. The van der Waals surface area contributed by atoms with Crippen LogP contribution >= 0.6 is 11.6 Å². The van der Waals surface area contributed by atoms with Gasteiger partial charge >= 0.3 is 0 Å². The number of nitrogens with two attached hydrogens (primary N) is 1. The minimum Gasteiger partial charge on any atom is -0.271 e. The van der Waals surface area contributed by atoms with Gasteiger partial charge in [0.25, 0.3) is 0 Å². The van der Waals surface area contributed by atoms with E-state index in [4.69, 9.17) is 17.4 Å². The summed E-state index contributed by atoms with van der Waals surface area (Å²) in [5, 5.41) is 0.782. The molecule has 1 unspecified atom stereocenters. The van der Waals surface area contributed by atoms with Crippen molar-refractivity contribution >= 4 is 11.6 Å². The molecule has 0 fully saturated rings. The number of hydrazine groups is 1. The maximum absolute atomic E-state index is 5.97. The van der Waals surface area contributed by atoms with E-state index in [1.165, 1.54) is 24.0 Å². The average molecular weight is 255 g/mol. The van der Waals surface area contributed by atoms with Crippen LogP contribution in [-0.4, -0.2) is 0 Å². The summed E-state index contributed by atoms with van der Waals surface area (Å²) in [5.74, 6) is 6.40. The second-order valence-electron chi connectivity index (χ2n) is 4.64. The Labute approximate surface area is 110 Å². The van der Waals surface area contributed by atoms with Crippen LogP contribution in [0.3, 0.4) is 0 Å². The summed E-state index contributed by atoms with van der Waals surface area (Å²) >= 11 is 5.97. The third kappa shape index (κ3) is 3.98. The summed E-state index contributed by atoms with van der Waals surface area (Å²) in [6, 6.07) is 6.22. The van der Waals surface area contributed by atoms with E-state index in [9.17, 15) is 0 Å². The van der Waals surface area contributed by atoms with Crippen LogP contribution in [0.2, 0.25) is 5.02 Å². The van der Waals surface area contributed by atoms with Gasteiger partial charge in [-0.3, -0.25) is 11.3 Å². The fraction of sp³-hybridized carbons (Fsp3) is 0.571. The Bertz CT molecular complexity index is 348. The normalized spacial score (nSPS) is 13.1. The smallest absolute Gasteiger partial charge is 0.0465 e. The van der Waals surface area contributed by atoms with E-state index in [0.29, 0.717) is 5.92 Å². The fourth-order valence-corrected chi connectivity index (χ4v) is 2.50. The van der Waals surface area contributed by atoms with Gasteiger partial charge in [0.2, 0.25) is 0 Å². The molecular formula is C14H23ClN2. The summed E-state index contributed by atoms with van der Waals surface area (Å²) in [5.41, 5.74) is 5.39. The van der Waals surface area contributed by atoms with Crippen molar-refractivity contribution in [2.24, 2.45) is 11.8 Å². The molecule has 0 aliphatic heterocycles. The van der Waals surface area contributed by atoms with E-state index >= 15 is 0 Å². The van der Waals surface area contributed by atoms with Crippen LogP contribution in [-0.2, 0) is 0 Å². The highest BCUT2D eigenvalue weighted by Crippen LogP contribution is 2.28. The zero-order valence-electron chi connectivity index (χ0n) is 11.0. The van der Waals surface area contributed by atoms with E-state index in [0.717, 1.165) is 11.4 Å². The van der Waals surface area contributed by atoms with Crippen LogP contribution in [0, 0.1) is 12.8 Å². The quantitative estimate of drug-likeness (QED) is 0.595. The number of nitrogens with one attached hydrogen (secondary N) is 1. The molecule has 17 heavy (non-hydrogen) atoms. The molecule has 0 aliphatic rings. The fourth-order valence-electron chi connectivity index (χ4n) is 2.27. The molecule has 3 heteroatoms. The zero-order valence-corrected chi connectivity index (χ0v) is 11.7. The first-order chi connectivity index (χ1) is 8.12. The number of aryl methyl sites for hydroxylation is 1. The lowest BCUT2D eigenvalue weighted by atomic mass is 9.90. The number of rotatable bonds is 6. The predicted molar refractivity (Wildman–Crippen MR) is 74.9 cm³/mol. The first-order valence-electron chi connectivity index (χ1n) is 6.34. The van der Waals surface area contributed by atoms with Gasteiger partial charge in [0.15, 0.2) is 0 Å². The number of hydrogen-bond donors (Lipinski definition) is 2. The van der Waals surface area contributed by atoms with Gasteiger partial charge in [-0.25, -0.2) is 0 Å². The lowest BCUT2D eigenvalue weighted by molar-refractivity contribution is 0.374. The summed E-state index contributed by atoms with van der Waals surface area (Å²) in [7, 11) is 0. The van der Waals surface area contributed by atoms with E-state index < -0.39 is 0 Å². The molecule has 96 valence electrons. The number of benzene rings is 1. The molecule has 0 amide bonds. The molecule has 0 aliphatic carbocycles. The summed E-state index contributed by atoms with van der Waals surface area (Å²) in [4.78, 5) is 0. The molecule has 1 rings (SSSR count). The second-order valence-corrected chi connectivity index (χ2v) is 5.07. The van der Waals surface area contributed by atoms with Gasteiger partial charge in [-0.05, 0) is 42.5 Å². The van der Waals surface area contributed by atoms with Crippen LogP contribution in [0.5, 0.6) is 0 Å². The molecule has 0 radical (unpaired) electrons. The maximum atomic E-state index is 5.97. The standard InChI is InChI=1S/C14H23ClN2/c1-4-11(5-2)9-14(17-16)13-7-6-12(15)8-10(13)3/h6-8,11,14,17H,4-5,9,16H2,1-3H3. The largest absolute Gasteiger partial charge is 0.271 e. The molecule has 0 bridgehead atoms. The molecule has 2 nitrogen and oxygen atoms in total. The third-order valence-electron chi connectivity index (χ3n) is 3.53. The Kier molecular flexibility index (Phi) is 5.96. The summed E-state index contributed by atoms with van der Waals surface area (Å²) in [6.07, 6.45) is 3.47. The van der Waals surface area contributed by atoms with Crippen molar-refractivity contribution in [1.29, 1.82) is 0 Å². The Hall–Kier alpha value is -0.570. The lowest BCUT2D eigenvalue weighted by Crippen LogP contribution is -2.30. The first kappa shape index (κ1) is 14.5. The average Bonchev–Trinajstić information content (AvgIpc) is 2.32. The van der Waals surface area contributed by atoms with Crippen molar-refractivity contribution in [2.75, 3.05) is 0 Å². The van der Waals surface area contributed by atoms with Crippen LogP contribution in [0.25, 0.3) is 0 Å². The van der Waals surface area contributed by atoms with Crippen LogP contribution in [0.15, 0.2) is 18.2 Å². The second kappa shape index (κ2) is 7.00. The van der Waals surface area contributed by atoms with E-state index in [1.54, 1.807) is 0 Å². The molecule has 0 spiro atoms. The Morgan fingerprint density at radius 1 is 1.29 bits per heavy atom. The summed E-state index contributed by atoms with van der Waals surface area (Å²) in [6.45, 7) is 6.55. The van der Waals surface area contributed by atoms with E-state index in [-0.39, 0.29) is 6.04 Å². The first-order valence-corrected chi connectivity index (χ1v) is 6.72. The topological polar surface area (TPSA) is 38.0 Å². The molecule has 0 aromatic heterocycles. The highest BCUT2D eigenvalue weighted by Gasteiger charge is 2.16. The van der Waals surface area contributed by atoms with Gasteiger partial charge in [-0.2, -0.15) is 0 Å². The highest BCUT2D eigenvalue weighted by atomic mass is 35.5. The van der Waals surface area contributed by atoms with E-state index in [1.807, 2.05) is 12.1 Å². The van der Waals surface area contributed by atoms with Crippen LogP contribution < -0.4 is 11.3 Å². The van der Waals surface area contributed by atoms with Crippen molar-refractivity contribution in [1.82, 2.24) is 5.43 Å². The van der Waals surface area contributed by atoms with Gasteiger partial charge < -0.3 is 0 Å². The molecule has 1 aromatic rings. The van der Waals surface area contributed by atoms with Crippen molar-refractivity contribution in [3.63, 3.8) is 0 Å². The molecular weight excluding hydrogens is 232 g/mol. The Balaban J connectivity index is 2.85.